The number of amides is 2. The summed E-state index contributed by atoms with van der Waals surface area (Å²) in [5.74, 6) is -0.825. The van der Waals surface area contributed by atoms with E-state index >= 15 is 0 Å². The lowest BCUT2D eigenvalue weighted by atomic mass is 9.92. The molecule has 1 aromatic heterocycles. The van der Waals surface area contributed by atoms with Crippen LogP contribution in [0.1, 0.15) is 17.9 Å². The Morgan fingerprint density at radius 3 is 2.59 bits per heavy atom. The molecule has 164 valence electrons. The molecule has 4 N–H and O–H groups in total. The van der Waals surface area contributed by atoms with E-state index < -0.39 is 23.3 Å². The van der Waals surface area contributed by atoms with Crippen molar-refractivity contribution in [3.05, 3.63) is 64.4 Å². The molecule has 2 aromatic carbocycles. The number of nitrogens with zero attached hydrogens (tertiary/aromatic N) is 1. The summed E-state index contributed by atoms with van der Waals surface area (Å²) in [4.78, 5) is 45.1. The van der Waals surface area contributed by atoms with Gasteiger partial charge >= 0.3 is 0 Å². The van der Waals surface area contributed by atoms with Crippen LogP contribution in [0.2, 0.25) is 0 Å². The normalized spacial score (nSPS) is 14.7. The number of H-pyrrole nitrogens is 1. The molecule has 1 aliphatic rings. The maximum absolute atomic E-state index is 13.1. The van der Waals surface area contributed by atoms with Gasteiger partial charge in [0.05, 0.1) is 31.4 Å². The third kappa shape index (κ3) is 4.24. The molecule has 2 heterocycles. The summed E-state index contributed by atoms with van der Waals surface area (Å²) in [5, 5.41) is 8.28. The fraction of sp³-hybridized carbons (Fsp3) is 0.182. The van der Waals surface area contributed by atoms with Gasteiger partial charge in [-0.3, -0.25) is 19.4 Å². The van der Waals surface area contributed by atoms with Gasteiger partial charge in [-0.15, -0.1) is 0 Å². The molecular formula is C22H21N5O5. The van der Waals surface area contributed by atoms with E-state index in [1.807, 2.05) is 18.2 Å². The highest BCUT2D eigenvalue weighted by Crippen LogP contribution is 2.33. The van der Waals surface area contributed by atoms with E-state index in [4.69, 9.17) is 9.47 Å². The van der Waals surface area contributed by atoms with Crippen LogP contribution in [0.3, 0.4) is 0 Å². The molecule has 4 rings (SSSR count). The van der Waals surface area contributed by atoms with Gasteiger partial charge < -0.3 is 25.4 Å². The lowest BCUT2D eigenvalue weighted by molar-refractivity contribution is -0.123. The number of aromatic amines is 1. The third-order valence-electron chi connectivity index (χ3n) is 4.97. The van der Waals surface area contributed by atoms with Crippen LogP contribution in [0.5, 0.6) is 11.5 Å². The van der Waals surface area contributed by atoms with Gasteiger partial charge in [-0.25, -0.2) is 0 Å². The van der Waals surface area contributed by atoms with E-state index in [1.54, 1.807) is 30.3 Å². The Balaban J connectivity index is 1.64. The minimum Gasteiger partial charge on any atom is -0.497 e. The molecule has 10 nitrogen and oxygen atoms in total. The van der Waals surface area contributed by atoms with Crippen molar-refractivity contribution in [3.8, 4) is 11.5 Å². The first kappa shape index (κ1) is 20.9. The van der Waals surface area contributed by atoms with Crippen LogP contribution in [0, 0.1) is 0 Å². The van der Waals surface area contributed by atoms with Crippen molar-refractivity contribution in [3.63, 3.8) is 0 Å². The van der Waals surface area contributed by atoms with Crippen molar-refractivity contribution in [2.75, 3.05) is 30.2 Å². The molecule has 0 fully saturated rings. The van der Waals surface area contributed by atoms with Crippen LogP contribution in [0.4, 0.5) is 23.1 Å². The zero-order chi connectivity index (χ0) is 22.7. The molecule has 1 aliphatic heterocycles. The molecule has 10 heteroatoms. The number of nitrogens with one attached hydrogen (secondary N) is 4. The SMILES string of the molecule is COc1ccc(NC(=O)C2CC(=O)Nc3nc(Nc4ccccc4)[nH]c(=O)c32)c(OC)c1. The van der Waals surface area contributed by atoms with Gasteiger partial charge in [0, 0.05) is 18.2 Å². The number of hydrogen-bond donors (Lipinski definition) is 4. The van der Waals surface area contributed by atoms with Gasteiger partial charge in [0.1, 0.15) is 17.3 Å². The predicted molar refractivity (Wildman–Crippen MR) is 119 cm³/mol. The van der Waals surface area contributed by atoms with E-state index in [9.17, 15) is 14.4 Å². The number of ether oxygens (including phenoxy) is 2. The second-order valence-electron chi connectivity index (χ2n) is 7.03. The molecule has 0 saturated carbocycles. The fourth-order valence-corrected chi connectivity index (χ4v) is 3.43. The summed E-state index contributed by atoms with van der Waals surface area (Å²) in [6.07, 6.45) is -0.187. The van der Waals surface area contributed by atoms with Gasteiger partial charge in [0.2, 0.25) is 17.8 Å². The Kier molecular flexibility index (Phi) is 5.75. The summed E-state index contributed by atoms with van der Waals surface area (Å²) < 4.78 is 10.5. The Bertz CT molecular complexity index is 1230. The molecule has 0 aliphatic carbocycles. The third-order valence-corrected chi connectivity index (χ3v) is 4.97. The van der Waals surface area contributed by atoms with E-state index in [0.717, 1.165) is 0 Å². The Morgan fingerprint density at radius 2 is 1.88 bits per heavy atom. The standard InChI is InChI=1S/C22H21N5O5/c1-31-13-8-9-15(16(10-13)32-2)24-20(29)14-11-17(28)25-19-18(14)21(30)27-22(26-19)23-12-6-4-3-5-7-12/h3-10,14H,11H2,1-2H3,(H,24,29)(H3,23,25,26,27,28,30). The molecule has 0 saturated heterocycles. The van der Waals surface area contributed by atoms with E-state index in [1.165, 1.54) is 14.2 Å². The van der Waals surface area contributed by atoms with Gasteiger partial charge in [0.25, 0.3) is 5.56 Å². The molecule has 3 aromatic rings. The van der Waals surface area contributed by atoms with Crippen molar-refractivity contribution >= 4 is 35.0 Å². The van der Waals surface area contributed by atoms with Crippen molar-refractivity contribution < 1.29 is 19.1 Å². The van der Waals surface area contributed by atoms with E-state index in [-0.39, 0.29) is 23.8 Å². The topological polar surface area (TPSA) is 134 Å². The van der Waals surface area contributed by atoms with Crippen molar-refractivity contribution in [1.29, 1.82) is 0 Å². The monoisotopic (exact) mass is 435 g/mol. The number of carbonyl (C=O) groups is 2. The molecule has 2 amide bonds. The number of benzene rings is 2. The molecule has 32 heavy (non-hydrogen) atoms. The van der Waals surface area contributed by atoms with Crippen LogP contribution in [0.15, 0.2) is 53.3 Å². The first-order valence-corrected chi connectivity index (χ1v) is 9.77. The fourth-order valence-electron chi connectivity index (χ4n) is 3.43. The summed E-state index contributed by atoms with van der Waals surface area (Å²) in [5.41, 5.74) is 0.666. The maximum Gasteiger partial charge on any atom is 0.258 e. The van der Waals surface area contributed by atoms with Gasteiger partial charge in [-0.05, 0) is 24.3 Å². The van der Waals surface area contributed by atoms with Crippen molar-refractivity contribution in [2.24, 2.45) is 0 Å². The first-order chi connectivity index (χ1) is 15.5. The van der Waals surface area contributed by atoms with E-state index in [0.29, 0.717) is 22.9 Å². The number of para-hydroxylation sites is 1. The van der Waals surface area contributed by atoms with Gasteiger partial charge in [0.15, 0.2) is 0 Å². The second kappa shape index (κ2) is 8.80. The smallest absolute Gasteiger partial charge is 0.258 e. The number of anilines is 4. The number of methoxy groups -OCH3 is 2. The predicted octanol–water partition coefficient (Wildman–Crippen LogP) is 2.60. The lowest BCUT2D eigenvalue weighted by Crippen LogP contribution is -2.36. The maximum atomic E-state index is 13.1. The summed E-state index contributed by atoms with van der Waals surface area (Å²) in [6.45, 7) is 0. The van der Waals surface area contributed by atoms with Crippen LogP contribution in [-0.2, 0) is 9.59 Å². The Labute approximate surface area is 183 Å². The van der Waals surface area contributed by atoms with Crippen LogP contribution >= 0.6 is 0 Å². The molecule has 1 atom stereocenters. The summed E-state index contributed by atoms with van der Waals surface area (Å²) in [6, 6.07) is 14.0. The molecular weight excluding hydrogens is 414 g/mol. The number of carbonyl (C=O) groups excluding carboxylic acids is 2. The molecule has 0 spiro atoms. The molecule has 0 bridgehead atoms. The average molecular weight is 435 g/mol. The van der Waals surface area contributed by atoms with Gasteiger partial charge in [-0.1, -0.05) is 18.2 Å². The second-order valence-corrected chi connectivity index (χ2v) is 7.03. The Morgan fingerprint density at radius 1 is 1.09 bits per heavy atom. The minimum absolute atomic E-state index is 0.0466. The van der Waals surface area contributed by atoms with Crippen LogP contribution in [-0.4, -0.2) is 36.0 Å². The average Bonchev–Trinajstić information content (AvgIpc) is 2.79. The first-order valence-electron chi connectivity index (χ1n) is 9.77. The number of aromatic nitrogens is 2. The highest BCUT2D eigenvalue weighted by molar-refractivity contribution is 6.05. The van der Waals surface area contributed by atoms with Crippen LogP contribution in [0.25, 0.3) is 0 Å². The minimum atomic E-state index is -1.02. The highest BCUT2D eigenvalue weighted by Gasteiger charge is 2.35. The lowest BCUT2D eigenvalue weighted by Gasteiger charge is -2.24. The largest absolute Gasteiger partial charge is 0.497 e. The highest BCUT2D eigenvalue weighted by atomic mass is 16.5. The zero-order valence-corrected chi connectivity index (χ0v) is 17.4. The summed E-state index contributed by atoms with van der Waals surface area (Å²) >= 11 is 0. The van der Waals surface area contributed by atoms with Gasteiger partial charge in [-0.2, -0.15) is 4.98 Å². The number of fused-ring (bicyclic) bond motifs is 1. The number of rotatable bonds is 6. The van der Waals surface area contributed by atoms with Crippen molar-refractivity contribution in [2.45, 2.75) is 12.3 Å². The molecule has 1 unspecified atom stereocenters. The Hall–Kier alpha value is -4.34. The molecule has 0 radical (unpaired) electrons. The summed E-state index contributed by atoms with van der Waals surface area (Å²) in [7, 11) is 2.98. The van der Waals surface area contributed by atoms with E-state index in [2.05, 4.69) is 25.9 Å². The quantitative estimate of drug-likeness (QED) is 0.467. The van der Waals surface area contributed by atoms with Crippen molar-refractivity contribution in [1.82, 2.24) is 9.97 Å². The van der Waals surface area contributed by atoms with Crippen LogP contribution < -0.4 is 31.0 Å². The number of hydrogen-bond acceptors (Lipinski definition) is 7. The zero-order valence-electron chi connectivity index (χ0n) is 17.4.